The van der Waals surface area contributed by atoms with Gasteiger partial charge in [0.2, 0.25) is 0 Å². The lowest BCUT2D eigenvalue weighted by Crippen LogP contribution is -2.29. The number of hydrogen-bond donors (Lipinski definition) is 0. The maximum atomic E-state index is 10.7. The van der Waals surface area contributed by atoms with Gasteiger partial charge in [-0.15, -0.1) is 0 Å². The molecule has 8 aromatic rings. The van der Waals surface area contributed by atoms with E-state index >= 15 is 0 Å². The van der Waals surface area contributed by atoms with Crippen molar-refractivity contribution >= 4 is 47.7 Å². The largest absolute Gasteiger partial charge is 0.0726 e. The van der Waals surface area contributed by atoms with Crippen molar-refractivity contribution in [3.63, 3.8) is 0 Å². The fourth-order valence-corrected chi connectivity index (χ4v) is 9.82. The monoisotopic (exact) mass is 718 g/mol. The van der Waals surface area contributed by atoms with Crippen LogP contribution in [0.15, 0.2) is 205 Å². The van der Waals surface area contributed by atoms with Gasteiger partial charge in [-0.3, -0.25) is 0 Å². The van der Waals surface area contributed by atoms with Gasteiger partial charge in [0, 0.05) is 0 Å². The third-order valence-electron chi connectivity index (χ3n) is 8.26. The van der Waals surface area contributed by atoms with Crippen LogP contribution in [0.5, 0.6) is 0 Å². The quantitative estimate of drug-likeness (QED) is 0.150. The van der Waals surface area contributed by atoms with Gasteiger partial charge in [-0.05, 0) is 104 Å². The second kappa shape index (κ2) is 12.4. The Morgan fingerprint density at radius 1 is 0.275 bits per heavy atom. The molecule has 0 fully saturated rings. The predicted molar refractivity (Wildman–Crippen MR) is 220 cm³/mol. The molecule has 2 aliphatic rings. The van der Waals surface area contributed by atoms with Gasteiger partial charge in [0.05, 0.1) is 52.0 Å². The second-order valence-corrected chi connectivity index (χ2v) is 14.8. The first kappa shape index (κ1) is 11.6. The minimum atomic E-state index is -3.61. The first-order valence-corrected chi connectivity index (χ1v) is 17.5. The molecule has 2 heteroatoms. The van der Waals surface area contributed by atoms with Gasteiger partial charge in [-0.25, -0.2) is 0 Å². The fourth-order valence-electron chi connectivity index (χ4n) is 6.36. The third kappa shape index (κ3) is 4.75. The van der Waals surface area contributed by atoms with E-state index < -0.39 is 303 Å². The van der Waals surface area contributed by atoms with Gasteiger partial charge in [0.15, 0.2) is 0 Å². The van der Waals surface area contributed by atoms with Crippen LogP contribution < -0.4 is 31.8 Å². The summed E-state index contributed by atoms with van der Waals surface area (Å²) in [6, 6.07) is -37.3. The standard InChI is InChI=1S/C49H34P2/c1-5-17-35(18-6-1)50(36-19-7-2-8-20-36)39-29-31-43-44-32-30-40(51(37-21-9-3-10-22-37)38-23-11-4-12-24-38)34-48(44)49(47(43)33-39)45-27-15-13-25-41(45)42-26-14-16-28-46(42)49/h1-34H/i1D,2D,3D,4D,5D,6D,7D,8D,9D,10D,11D,12D,13D,14D,15D,16D,17D,18D,19D,20D,21D,22D,23D,24D,25D,26D,27D,28D,29D,30D,31D,32D,33D,34D. The molecule has 10 rings (SSSR count). The molecule has 0 amide bonds. The molecule has 0 N–H and O–H groups in total. The highest BCUT2D eigenvalue weighted by Gasteiger charge is 2.52. The molecule has 0 saturated carbocycles. The molecule has 0 atom stereocenters. The highest BCUT2D eigenvalue weighted by atomic mass is 31.1. The van der Waals surface area contributed by atoms with E-state index in [1.807, 2.05) is 0 Å². The Labute approximate surface area is 350 Å². The zero-order chi connectivity index (χ0) is 63.4. The summed E-state index contributed by atoms with van der Waals surface area (Å²) in [5.41, 5.74) is -10.1. The average Bonchev–Trinajstić information content (AvgIpc) is 1.49. The van der Waals surface area contributed by atoms with Crippen molar-refractivity contribution in [1.82, 2.24) is 0 Å². The predicted octanol–water partition coefficient (Wildman–Crippen LogP) is 9.55. The minimum Gasteiger partial charge on any atom is -0.0622 e. The topological polar surface area (TPSA) is 0 Å². The van der Waals surface area contributed by atoms with E-state index in [1.165, 1.54) is 0 Å². The molecule has 240 valence electrons. The van der Waals surface area contributed by atoms with E-state index in [9.17, 15) is 24.7 Å². The number of benzene rings is 8. The van der Waals surface area contributed by atoms with Crippen molar-refractivity contribution in [2.75, 3.05) is 0 Å². The molecule has 1 spiro atoms. The molecule has 2 aliphatic carbocycles. The molecular formula is C49H34P2. The van der Waals surface area contributed by atoms with Crippen LogP contribution in [0, 0.1) is 0 Å². The average molecular weight is 719 g/mol. The Balaban J connectivity index is 1.56. The molecule has 0 unspecified atom stereocenters. The third-order valence-corrected chi connectivity index (χ3v) is 12.3. The summed E-state index contributed by atoms with van der Waals surface area (Å²) in [4.78, 5) is 0. The van der Waals surface area contributed by atoms with Crippen LogP contribution >= 0.6 is 15.8 Å². The van der Waals surface area contributed by atoms with Gasteiger partial charge in [0.25, 0.3) is 0 Å². The Kier molecular flexibility index (Phi) is 2.82. The molecule has 0 heterocycles. The van der Waals surface area contributed by atoms with Gasteiger partial charge in [-0.2, -0.15) is 0 Å². The van der Waals surface area contributed by atoms with Crippen LogP contribution in [0.1, 0.15) is 68.9 Å². The highest BCUT2D eigenvalue weighted by molar-refractivity contribution is 7.80. The summed E-state index contributed by atoms with van der Waals surface area (Å²) < 4.78 is 314. The van der Waals surface area contributed by atoms with Crippen molar-refractivity contribution in [3.8, 4) is 22.3 Å². The number of hydrogen-bond acceptors (Lipinski definition) is 0. The van der Waals surface area contributed by atoms with E-state index in [0.717, 1.165) is 0 Å². The maximum absolute atomic E-state index is 10.7. The SMILES string of the molecule is [2H]c1c([2H])c([2H])c(P(c2c([2H])c([2H])c([2H])c([2H])c2[2H])c2c([2H])c([2H])c3c(c2[2H])C2(c4c([2H])c([2H])c([2H])c([2H])c4-c4c([2H])c([2H])c([2H])c([2H])c42)c2c([2H])c(P(c4c([2H])c([2H])c([2H])c([2H])c4[2H])c4c([2H])c([2H])c([2H])c([2H])c4[2H])c([2H])c([2H])c2-3)c([2H])c1[2H]. The van der Waals surface area contributed by atoms with Gasteiger partial charge < -0.3 is 0 Å². The molecular weight excluding hydrogens is 650 g/mol. The first-order valence-electron chi connectivity index (χ1n) is 31.8. The van der Waals surface area contributed by atoms with E-state index in [1.54, 1.807) is 0 Å². The van der Waals surface area contributed by atoms with Crippen LogP contribution in [0.25, 0.3) is 22.3 Å². The van der Waals surface area contributed by atoms with E-state index in [0.29, 0.717) is 0 Å². The van der Waals surface area contributed by atoms with E-state index in [4.69, 9.17) is 21.9 Å². The van der Waals surface area contributed by atoms with Gasteiger partial charge in [0.1, 0.15) is 0 Å². The normalized spacial score (nSPS) is 22.5. The second-order valence-electron chi connectivity index (χ2n) is 10.8. The van der Waals surface area contributed by atoms with Crippen molar-refractivity contribution < 1.29 is 46.6 Å². The zero-order valence-corrected chi connectivity index (χ0v) is 27.2. The number of fused-ring (bicyclic) bond motifs is 10. The van der Waals surface area contributed by atoms with Crippen molar-refractivity contribution in [3.05, 3.63) is 228 Å². The summed E-state index contributed by atoms with van der Waals surface area (Å²) in [6.07, 6.45) is 0. The van der Waals surface area contributed by atoms with Gasteiger partial charge >= 0.3 is 0 Å². The molecule has 51 heavy (non-hydrogen) atoms. The molecule has 0 nitrogen and oxygen atoms in total. The van der Waals surface area contributed by atoms with Crippen LogP contribution in [0.3, 0.4) is 0 Å². The van der Waals surface area contributed by atoms with Gasteiger partial charge in [-0.1, -0.05) is 193 Å². The lowest BCUT2D eigenvalue weighted by molar-refractivity contribution is 0.795. The van der Waals surface area contributed by atoms with Crippen LogP contribution in [0.4, 0.5) is 0 Å². The van der Waals surface area contributed by atoms with Crippen LogP contribution in [-0.4, -0.2) is 0 Å². The van der Waals surface area contributed by atoms with E-state index in [-0.39, 0.29) is 0 Å². The number of rotatable bonds is 6. The summed E-state index contributed by atoms with van der Waals surface area (Å²) in [5, 5.41) is -5.59. The molecule has 0 bridgehead atoms. The minimum absolute atomic E-state index is 0.756. The Morgan fingerprint density at radius 2 is 0.569 bits per heavy atom. The van der Waals surface area contributed by atoms with E-state index in [2.05, 4.69) is 0 Å². The molecule has 0 saturated heterocycles. The summed E-state index contributed by atoms with van der Waals surface area (Å²) in [5.74, 6) is 0. The summed E-state index contributed by atoms with van der Waals surface area (Å²) >= 11 is 0. The first-order chi connectivity index (χ1) is 39.5. The molecule has 0 aliphatic heterocycles. The summed E-state index contributed by atoms with van der Waals surface area (Å²) in [7, 11) is -7.23. The lowest BCUT2D eigenvalue weighted by Gasteiger charge is -2.32. The van der Waals surface area contributed by atoms with Crippen molar-refractivity contribution in [1.29, 1.82) is 0 Å². The Morgan fingerprint density at radius 3 is 0.922 bits per heavy atom. The van der Waals surface area contributed by atoms with Crippen molar-refractivity contribution in [2.24, 2.45) is 0 Å². The summed E-state index contributed by atoms with van der Waals surface area (Å²) in [6.45, 7) is 0. The zero-order valence-electron chi connectivity index (χ0n) is 59.4. The lowest BCUT2D eigenvalue weighted by atomic mass is 9.70. The van der Waals surface area contributed by atoms with Crippen LogP contribution in [-0.2, 0) is 5.41 Å². The Hall–Kier alpha value is -5.38. The molecule has 0 radical (unpaired) electrons. The van der Waals surface area contributed by atoms with Crippen molar-refractivity contribution in [2.45, 2.75) is 5.41 Å². The smallest absolute Gasteiger partial charge is 0.0622 e. The van der Waals surface area contributed by atoms with Crippen LogP contribution in [0.2, 0.25) is 0 Å². The molecule has 8 aromatic carbocycles. The molecule has 0 aromatic heterocycles. The highest BCUT2D eigenvalue weighted by Crippen LogP contribution is 2.63. The Bertz CT molecular complexity index is 3960. The fraction of sp³-hybridized carbons (Fsp3) is 0.0204. The maximum Gasteiger partial charge on any atom is 0.0726 e.